The van der Waals surface area contributed by atoms with Gasteiger partial charge < -0.3 is 12.4 Å². The van der Waals surface area contributed by atoms with Crippen molar-refractivity contribution in [2.45, 2.75) is 0 Å². The first kappa shape index (κ1) is 95.9. The second-order valence-corrected chi connectivity index (χ2v) is 0. The van der Waals surface area contributed by atoms with Crippen LogP contribution in [0.3, 0.4) is 0 Å². The largest absolute Gasteiger partial charge is 1.00 e. The normalized spacial score (nSPS) is 0. The van der Waals surface area contributed by atoms with Gasteiger partial charge in [-0.3, -0.25) is 0 Å². The van der Waals surface area contributed by atoms with Gasteiger partial charge in [-0.15, -0.1) is 0 Å². The molecule has 0 amide bonds. The van der Waals surface area contributed by atoms with Gasteiger partial charge in [-0.2, -0.15) is 0 Å². The quantitative estimate of drug-likeness (QED) is 0.366. The van der Waals surface area contributed by atoms with Gasteiger partial charge in [-0.05, 0) is 0 Å². The van der Waals surface area contributed by atoms with Gasteiger partial charge >= 0.3 is 18.9 Å². The third-order valence-corrected chi connectivity index (χ3v) is 0. The SMILES string of the molecule is O.O.[Co].[H-].[Li+].[Mn].[Ni]. The summed E-state index contributed by atoms with van der Waals surface area (Å²) in [5.41, 5.74) is 0. The Hall–Kier alpha value is 2.04. The van der Waals surface area contributed by atoms with Gasteiger partial charge in [0, 0.05) is 50.3 Å². The first-order valence-corrected chi connectivity index (χ1v) is 0. The summed E-state index contributed by atoms with van der Waals surface area (Å²) >= 11 is 0. The molecule has 0 saturated heterocycles. The van der Waals surface area contributed by atoms with Crippen molar-refractivity contribution in [2.24, 2.45) is 0 Å². The monoisotopic (exact) mass is 216 g/mol. The smallest absolute Gasteiger partial charge is 1.00 e. The summed E-state index contributed by atoms with van der Waals surface area (Å²) in [7, 11) is 0. The molecule has 0 unspecified atom stereocenters. The molecule has 2 radical (unpaired) electrons. The molecule has 0 spiro atoms. The van der Waals surface area contributed by atoms with Gasteiger partial charge in [-0.25, -0.2) is 0 Å². The molecule has 2 nitrogen and oxygen atoms in total. The third-order valence-electron chi connectivity index (χ3n) is 0. The van der Waals surface area contributed by atoms with Crippen LogP contribution in [0.15, 0.2) is 0 Å². The molecule has 0 aromatic heterocycles. The fourth-order valence-electron chi connectivity index (χ4n) is 0. The molecular weight excluding hydrogens is 212 g/mol. The summed E-state index contributed by atoms with van der Waals surface area (Å²) in [6, 6.07) is 0. The predicted octanol–water partition coefficient (Wildman–Crippen LogP) is -4.54. The van der Waals surface area contributed by atoms with Crippen LogP contribution in [0, 0.1) is 0 Å². The zero-order chi connectivity index (χ0) is 0. The molecule has 0 bridgehead atoms. The van der Waals surface area contributed by atoms with E-state index in [1.807, 2.05) is 0 Å². The Balaban J connectivity index is 0. The number of rotatable bonds is 0. The molecule has 0 aliphatic rings. The van der Waals surface area contributed by atoms with Crippen molar-refractivity contribution in [1.29, 1.82) is 0 Å². The van der Waals surface area contributed by atoms with Crippen LogP contribution in [0.1, 0.15) is 1.43 Å². The molecule has 0 aromatic rings. The van der Waals surface area contributed by atoms with Crippen LogP contribution in [0.4, 0.5) is 0 Å². The van der Waals surface area contributed by atoms with E-state index in [1.165, 1.54) is 0 Å². The van der Waals surface area contributed by atoms with Crippen molar-refractivity contribution in [1.82, 2.24) is 0 Å². The minimum Gasteiger partial charge on any atom is -1.00 e. The van der Waals surface area contributed by atoms with Crippen molar-refractivity contribution in [3.8, 4) is 0 Å². The fraction of sp³-hybridized carbons (Fsp3) is 0. The average Bonchev–Trinajstić information content (AvgIpc) is 0. The molecule has 0 saturated carbocycles. The first-order chi connectivity index (χ1) is 0. The van der Waals surface area contributed by atoms with Crippen LogP contribution in [0.2, 0.25) is 0 Å². The van der Waals surface area contributed by atoms with Crippen LogP contribution in [-0.2, 0) is 50.3 Å². The molecule has 0 atom stereocenters. The van der Waals surface area contributed by atoms with E-state index in [2.05, 4.69) is 0 Å². The van der Waals surface area contributed by atoms with Crippen LogP contribution < -0.4 is 18.9 Å². The van der Waals surface area contributed by atoms with Crippen molar-refractivity contribution in [3.63, 3.8) is 0 Å². The minimum absolute atomic E-state index is 0. The van der Waals surface area contributed by atoms with Crippen LogP contribution in [-0.4, -0.2) is 11.0 Å². The van der Waals surface area contributed by atoms with E-state index in [1.54, 1.807) is 0 Å². The fourth-order valence-corrected chi connectivity index (χ4v) is 0. The second kappa shape index (κ2) is 61.8. The summed E-state index contributed by atoms with van der Waals surface area (Å²) in [6.07, 6.45) is 0. The maximum atomic E-state index is 0. The molecule has 6 heteroatoms. The molecule has 0 aliphatic carbocycles. The Morgan fingerprint density at radius 1 is 1.00 bits per heavy atom. The predicted molar refractivity (Wildman–Crippen MR) is 8.34 cm³/mol. The Kier molecular flexibility index (Phi) is 988. The van der Waals surface area contributed by atoms with Gasteiger partial charge in [-0.1, -0.05) is 0 Å². The Bertz CT molecular complexity index is 17.7. The van der Waals surface area contributed by atoms with Gasteiger partial charge in [0.05, 0.1) is 0 Å². The number of hydrogen-bond acceptors (Lipinski definition) is 0. The molecule has 0 aliphatic heterocycles. The van der Waals surface area contributed by atoms with Crippen molar-refractivity contribution < 1.29 is 81.6 Å². The van der Waals surface area contributed by atoms with Crippen molar-refractivity contribution in [2.75, 3.05) is 0 Å². The van der Waals surface area contributed by atoms with E-state index in [0.717, 1.165) is 0 Å². The summed E-state index contributed by atoms with van der Waals surface area (Å²) in [5.74, 6) is 0. The molecule has 44 valence electrons. The van der Waals surface area contributed by atoms with E-state index in [4.69, 9.17) is 0 Å². The Morgan fingerprint density at radius 2 is 1.00 bits per heavy atom. The van der Waals surface area contributed by atoms with Crippen LogP contribution in [0.25, 0.3) is 0 Å². The summed E-state index contributed by atoms with van der Waals surface area (Å²) in [4.78, 5) is 0. The molecule has 0 heterocycles. The van der Waals surface area contributed by atoms with Gasteiger partial charge in [0.2, 0.25) is 0 Å². The maximum Gasteiger partial charge on any atom is 1.00 e. The molecule has 6 heavy (non-hydrogen) atoms. The van der Waals surface area contributed by atoms with Gasteiger partial charge in [0.25, 0.3) is 0 Å². The molecule has 0 fully saturated rings. The standard InChI is InChI=1S/Co.Li.Mn.Ni.2H2O.H/h;;;;2*1H2;/q;+1;;;;;-1. The van der Waals surface area contributed by atoms with E-state index in [-0.39, 0.29) is 81.6 Å². The zero-order valence-corrected chi connectivity index (χ0v) is 6.24. The Morgan fingerprint density at radius 3 is 1.00 bits per heavy atom. The topological polar surface area (TPSA) is 63.0 Å². The molecule has 0 aromatic carbocycles. The van der Waals surface area contributed by atoms with E-state index in [9.17, 15) is 0 Å². The summed E-state index contributed by atoms with van der Waals surface area (Å²) in [6.45, 7) is 0. The van der Waals surface area contributed by atoms with E-state index >= 15 is 0 Å². The minimum atomic E-state index is 0. The van der Waals surface area contributed by atoms with E-state index in [0.29, 0.717) is 0 Å². The van der Waals surface area contributed by atoms with E-state index < -0.39 is 0 Å². The molecular formula is H5CoLiMnNiO2. The average molecular weight is 217 g/mol. The summed E-state index contributed by atoms with van der Waals surface area (Å²) in [5, 5.41) is 0. The molecule has 0 rings (SSSR count). The summed E-state index contributed by atoms with van der Waals surface area (Å²) < 4.78 is 0. The van der Waals surface area contributed by atoms with Crippen molar-refractivity contribution >= 4 is 0 Å². The first-order valence-electron chi connectivity index (χ1n) is 0. The molecule has 4 N–H and O–H groups in total. The Labute approximate surface area is 81.1 Å². The maximum absolute atomic E-state index is 0. The zero-order valence-electron chi connectivity index (χ0n) is 4.03. The third kappa shape index (κ3) is 36.9. The second-order valence-electron chi connectivity index (χ2n) is 0. The van der Waals surface area contributed by atoms with Crippen LogP contribution in [0.5, 0.6) is 0 Å². The van der Waals surface area contributed by atoms with Gasteiger partial charge in [0.1, 0.15) is 0 Å². The number of hydrogen-bond donors (Lipinski definition) is 0. The van der Waals surface area contributed by atoms with Crippen LogP contribution >= 0.6 is 0 Å². The van der Waals surface area contributed by atoms with Crippen molar-refractivity contribution in [3.05, 3.63) is 0 Å². The van der Waals surface area contributed by atoms with Gasteiger partial charge in [0.15, 0.2) is 0 Å².